The first-order chi connectivity index (χ1) is 10.2. The molecule has 0 saturated carbocycles. The summed E-state index contributed by atoms with van der Waals surface area (Å²) in [7, 11) is 1.52. The summed E-state index contributed by atoms with van der Waals surface area (Å²) in [4.78, 5) is 28.2. The molecule has 2 heterocycles. The molecule has 0 atom stereocenters. The standard InChI is InChI=1S/C14H18N4O3/c1-21-13-11(4-2-7-16-13)10-17-9-5-12(19)18(14(17)20)8-3-6-15/h2,4-5,7,9H,3,6,8,10,15H2,1H3. The van der Waals surface area contributed by atoms with Crippen LogP contribution in [0.25, 0.3) is 0 Å². The second kappa shape index (κ2) is 6.85. The quantitative estimate of drug-likeness (QED) is 0.796. The van der Waals surface area contributed by atoms with Gasteiger partial charge in [0.05, 0.1) is 13.7 Å². The third-order valence-electron chi connectivity index (χ3n) is 3.11. The van der Waals surface area contributed by atoms with Crippen molar-refractivity contribution in [2.24, 2.45) is 5.73 Å². The molecule has 0 aliphatic rings. The van der Waals surface area contributed by atoms with Crippen molar-refractivity contribution in [2.75, 3.05) is 13.7 Å². The molecule has 0 unspecified atom stereocenters. The van der Waals surface area contributed by atoms with Crippen LogP contribution in [0.3, 0.4) is 0 Å². The Kier molecular flexibility index (Phi) is 4.89. The molecule has 112 valence electrons. The van der Waals surface area contributed by atoms with Gasteiger partial charge < -0.3 is 10.5 Å². The zero-order chi connectivity index (χ0) is 15.2. The van der Waals surface area contributed by atoms with Crippen LogP contribution in [0, 0.1) is 0 Å². The lowest BCUT2D eigenvalue weighted by Crippen LogP contribution is -2.39. The maximum atomic E-state index is 12.3. The van der Waals surface area contributed by atoms with Crippen LogP contribution in [0.2, 0.25) is 0 Å². The van der Waals surface area contributed by atoms with Crippen molar-refractivity contribution >= 4 is 0 Å². The van der Waals surface area contributed by atoms with Crippen LogP contribution < -0.4 is 21.7 Å². The van der Waals surface area contributed by atoms with E-state index >= 15 is 0 Å². The summed E-state index contributed by atoms with van der Waals surface area (Å²) in [5.41, 5.74) is 5.52. The van der Waals surface area contributed by atoms with Crippen LogP contribution in [0.15, 0.2) is 40.2 Å². The van der Waals surface area contributed by atoms with E-state index in [1.54, 1.807) is 12.3 Å². The molecular weight excluding hydrogens is 272 g/mol. The lowest BCUT2D eigenvalue weighted by Gasteiger charge is -2.11. The zero-order valence-electron chi connectivity index (χ0n) is 11.9. The maximum Gasteiger partial charge on any atom is 0.331 e. The fourth-order valence-electron chi connectivity index (χ4n) is 2.04. The van der Waals surface area contributed by atoms with Gasteiger partial charge in [-0.1, -0.05) is 6.07 Å². The molecule has 2 rings (SSSR count). The molecule has 0 spiro atoms. The highest BCUT2D eigenvalue weighted by atomic mass is 16.5. The van der Waals surface area contributed by atoms with E-state index in [-0.39, 0.29) is 11.2 Å². The van der Waals surface area contributed by atoms with E-state index < -0.39 is 0 Å². The molecule has 0 radical (unpaired) electrons. The topological polar surface area (TPSA) is 92.1 Å². The van der Waals surface area contributed by atoms with E-state index in [0.29, 0.717) is 31.9 Å². The first-order valence-corrected chi connectivity index (χ1v) is 6.65. The van der Waals surface area contributed by atoms with Crippen LogP contribution >= 0.6 is 0 Å². The number of aromatic nitrogens is 3. The Balaban J connectivity index is 2.37. The minimum absolute atomic E-state index is 0.290. The summed E-state index contributed by atoms with van der Waals surface area (Å²) in [6, 6.07) is 4.97. The predicted molar refractivity (Wildman–Crippen MR) is 78.5 cm³/mol. The van der Waals surface area contributed by atoms with Gasteiger partial charge in [-0.05, 0) is 19.0 Å². The number of pyridine rings is 1. The Hall–Kier alpha value is -2.41. The summed E-state index contributed by atoms with van der Waals surface area (Å²) in [5.74, 6) is 0.462. The summed E-state index contributed by atoms with van der Waals surface area (Å²) in [6.45, 7) is 1.04. The Morgan fingerprint density at radius 2 is 2.14 bits per heavy atom. The third kappa shape index (κ3) is 3.38. The first-order valence-electron chi connectivity index (χ1n) is 6.65. The Morgan fingerprint density at radius 3 is 2.86 bits per heavy atom. The molecule has 0 aliphatic carbocycles. The highest BCUT2D eigenvalue weighted by Gasteiger charge is 2.08. The second-order valence-corrected chi connectivity index (χ2v) is 4.53. The number of ether oxygens (including phenoxy) is 1. The maximum absolute atomic E-state index is 12.3. The van der Waals surface area contributed by atoms with Crippen LogP contribution in [-0.2, 0) is 13.1 Å². The van der Waals surface area contributed by atoms with E-state index in [1.165, 1.54) is 28.5 Å². The van der Waals surface area contributed by atoms with Gasteiger partial charge in [-0.15, -0.1) is 0 Å². The first kappa shape index (κ1) is 15.0. The van der Waals surface area contributed by atoms with Crippen molar-refractivity contribution in [3.63, 3.8) is 0 Å². The largest absolute Gasteiger partial charge is 0.481 e. The molecule has 0 bridgehead atoms. The van der Waals surface area contributed by atoms with Crippen LogP contribution in [0.1, 0.15) is 12.0 Å². The minimum Gasteiger partial charge on any atom is -0.481 e. The third-order valence-corrected chi connectivity index (χ3v) is 3.11. The molecule has 0 aliphatic heterocycles. The van der Waals surface area contributed by atoms with Gasteiger partial charge in [0.2, 0.25) is 5.88 Å². The number of hydrogen-bond donors (Lipinski definition) is 1. The van der Waals surface area contributed by atoms with E-state index in [1.807, 2.05) is 6.07 Å². The highest BCUT2D eigenvalue weighted by molar-refractivity contribution is 5.25. The van der Waals surface area contributed by atoms with Crippen molar-refractivity contribution < 1.29 is 4.74 Å². The molecule has 21 heavy (non-hydrogen) atoms. The van der Waals surface area contributed by atoms with Gasteiger partial charge >= 0.3 is 5.69 Å². The van der Waals surface area contributed by atoms with E-state index in [4.69, 9.17) is 10.5 Å². The predicted octanol–water partition coefficient (Wildman–Crippen LogP) is -0.189. The fourth-order valence-corrected chi connectivity index (χ4v) is 2.04. The molecule has 7 nitrogen and oxygen atoms in total. The number of rotatable bonds is 6. The van der Waals surface area contributed by atoms with Crippen LogP contribution in [-0.4, -0.2) is 27.8 Å². The fraction of sp³-hybridized carbons (Fsp3) is 0.357. The van der Waals surface area contributed by atoms with E-state index in [0.717, 1.165) is 5.56 Å². The molecule has 0 aromatic carbocycles. The lowest BCUT2D eigenvalue weighted by atomic mass is 10.2. The van der Waals surface area contributed by atoms with Crippen molar-refractivity contribution in [2.45, 2.75) is 19.5 Å². The van der Waals surface area contributed by atoms with Crippen molar-refractivity contribution in [1.82, 2.24) is 14.1 Å². The van der Waals surface area contributed by atoms with Crippen molar-refractivity contribution in [3.05, 3.63) is 57.0 Å². The summed E-state index contributed by atoms with van der Waals surface area (Å²) in [5, 5.41) is 0. The van der Waals surface area contributed by atoms with Crippen molar-refractivity contribution in [1.29, 1.82) is 0 Å². The molecular formula is C14H18N4O3. The number of nitrogens with zero attached hydrogens (tertiary/aromatic N) is 3. The second-order valence-electron chi connectivity index (χ2n) is 4.53. The van der Waals surface area contributed by atoms with Crippen molar-refractivity contribution in [3.8, 4) is 5.88 Å². The molecule has 2 aromatic heterocycles. The van der Waals surface area contributed by atoms with Gasteiger partial charge in [0.15, 0.2) is 0 Å². The zero-order valence-corrected chi connectivity index (χ0v) is 11.9. The summed E-state index contributed by atoms with van der Waals surface area (Å²) in [6.07, 6.45) is 3.68. The normalized spacial score (nSPS) is 10.6. The molecule has 2 aromatic rings. The molecule has 7 heteroatoms. The minimum atomic E-state index is -0.359. The van der Waals surface area contributed by atoms with Gasteiger partial charge in [-0.2, -0.15) is 0 Å². The van der Waals surface area contributed by atoms with Gasteiger partial charge in [-0.3, -0.25) is 13.9 Å². The Labute approximate surface area is 121 Å². The van der Waals surface area contributed by atoms with Gasteiger partial charge in [0, 0.05) is 30.6 Å². The van der Waals surface area contributed by atoms with Gasteiger partial charge in [0.25, 0.3) is 5.56 Å². The Bertz CT molecular complexity index is 721. The lowest BCUT2D eigenvalue weighted by molar-refractivity contribution is 0.390. The van der Waals surface area contributed by atoms with Crippen LogP contribution in [0.5, 0.6) is 5.88 Å². The highest BCUT2D eigenvalue weighted by Crippen LogP contribution is 2.13. The molecule has 0 fully saturated rings. The summed E-state index contributed by atoms with van der Waals surface area (Å²) >= 11 is 0. The molecule has 2 N–H and O–H groups in total. The average molecular weight is 290 g/mol. The van der Waals surface area contributed by atoms with Gasteiger partial charge in [-0.25, -0.2) is 9.78 Å². The number of nitrogens with two attached hydrogens (primary N) is 1. The number of methoxy groups -OCH3 is 1. The molecule has 0 amide bonds. The van der Waals surface area contributed by atoms with Crippen LogP contribution in [0.4, 0.5) is 0 Å². The molecule has 0 saturated heterocycles. The van der Waals surface area contributed by atoms with E-state index in [9.17, 15) is 9.59 Å². The van der Waals surface area contributed by atoms with E-state index in [2.05, 4.69) is 4.98 Å². The van der Waals surface area contributed by atoms with Gasteiger partial charge in [0.1, 0.15) is 0 Å². The Morgan fingerprint density at radius 1 is 1.33 bits per heavy atom. The monoisotopic (exact) mass is 290 g/mol. The summed E-state index contributed by atoms with van der Waals surface area (Å²) < 4.78 is 7.81. The SMILES string of the molecule is COc1ncccc1Cn1ccc(=O)n(CCCN)c1=O. The number of hydrogen-bond acceptors (Lipinski definition) is 5. The average Bonchev–Trinajstić information content (AvgIpc) is 2.50. The smallest absolute Gasteiger partial charge is 0.331 e.